The first-order valence-electron chi connectivity index (χ1n) is 5.23. The average Bonchev–Trinajstić information content (AvgIpc) is 3.04. The molecule has 0 spiro atoms. The van der Waals surface area contributed by atoms with Crippen LogP contribution in [0.1, 0.15) is 24.0 Å². The van der Waals surface area contributed by atoms with E-state index in [0.717, 1.165) is 18.4 Å². The molecule has 5 heteroatoms. The van der Waals surface area contributed by atoms with Crippen molar-refractivity contribution in [1.82, 2.24) is 0 Å². The third kappa shape index (κ3) is 4.34. The van der Waals surface area contributed by atoms with Crippen molar-refractivity contribution < 1.29 is 12.6 Å². The van der Waals surface area contributed by atoms with E-state index in [1.165, 1.54) is 11.8 Å². The summed E-state index contributed by atoms with van der Waals surface area (Å²) in [6.45, 7) is 2.00. The van der Waals surface area contributed by atoms with E-state index < -0.39 is 10.1 Å². The van der Waals surface area contributed by atoms with Gasteiger partial charge in [0.2, 0.25) is 0 Å². The Balaban J connectivity index is 0.00000144. The van der Waals surface area contributed by atoms with Crippen molar-refractivity contribution in [3.8, 4) is 0 Å². The van der Waals surface area contributed by atoms with Crippen molar-refractivity contribution in [3.63, 3.8) is 0 Å². The third-order valence-electron chi connectivity index (χ3n) is 2.46. The van der Waals surface area contributed by atoms with Gasteiger partial charge in [-0.1, -0.05) is 29.8 Å². The van der Waals surface area contributed by atoms with Gasteiger partial charge in [-0.05, 0) is 31.4 Å². The Kier molecular flexibility index (Phi) is 5.05. The summed E-state index contributed by atoms with van der Waals surface area (Å²) in [5.41, 5.74) is 2.10. The van der Waals surface area contributed by atoms with Gasteiger partial charge in [-0.3, -0.25) is 0 Å². The number of hydrogen-bond acceptors (Lipinski definition) is 3. The van der Waals surface area contributed by atoms with Crippen LogP contribution in [0.25, 0.3) is 6.08 Å². The van der Waals surface area contributed by atoms with E-state index >= 15 is 0 Å². The predicted octanol–water partition coefficient (Wildman–Crippen LogP) is 2.09. The number of aryl methyl sites for hydroxylation is 1. The van der Waals surface area contributed by atoms with Gasteiger partial charge in [0.05, 0.1) is 5.25 Å². The van der Waals surface area contributed by atoms with Crippen LogP contribution in [-0.4, -0.2) is 37.3 Å². The zero-order valence-corrected chi connectivity index (χ0v) is 12.6. The quantitative estimate of drug-likeness (QED) is 0.466. The van der Waals surface area contributed by atoms with Crippen LogP contribution in [0, 0.1) is 6.92 Å². The van der Waals surface area contributed by atoms with E-state index in [-0.39, 0.29) is 28.9 Å². The maximum Gasteiger partial charge on any atom is 0.311 e. The molecule has 0 heterocycles. The molecule has 0 atom stereocenters. The maximum absolute atomic E-state index is 11.4. The van der Waals surface area contributed by atoms with Crippen LogP contribution in [0.15, 0.2) is 30.5 Å². The summed E-state index contributed by atoms with van der Waals surface area (Å²) in [4.78, 5) is 0. The molecule has 0 N–H and O–H groups in total. The van der Waals surface area contributed by atoms with Gasteiger partial charge in [0.25, 0.3) is 0 Å². The first-order valence-corrected chi connectivity index (χ1v) is 6.70. The van der Waals surface area contributed by atoms with E-state index in [4.69, 9.17) is 4.18 Å². The molecule has 1 aliphatic rings. The van der Waals surface area contributed by atoms with E-state index in [1.807, 2.05) is 31.2 Å². The van der Waals surface area contributed by atoms with Gasteiger partial charge >= 0.3 is 10.1 Å². The molecule has 1 aliphatic carbocycles. The van der Waals surface area contributed by atoms with Crippen LogP contribution in [0.2, 0.25) is 0 Å². The summed E-state index contributed by atoms with van der Waals surface area (Å²) in [6, 6.07) is 7.77. The van der Waals surface area contributed by atoms with Crippen molar-refractivity contribution in [2.45, 2.75) is 25.0 Å². The third-order valence-corrected chi connectivity index (χ3v) is 4.13. The predicted molar refractivity (Wildman–Crippen MR) is 69.0 cm³/mol. The number of hydrogen-bond donors (Lipinski definition) is 0. The molecule has 2 rings (SSSR count). The molecule has 3 nitrogen and oxygen atoms in total. The van der Waals surface area contributed by atoms with Gasteiger partial charge in [0.15, 0.2) is 0 Å². The Morgan fingerprint density at radius 3 is 2.35 bits per heavy atom. The van der Waals surface area contributed by atoms with Gasteiger partial charge in [0, 0.05) is 23.7 Å². The summed E-state index contributed by atoms with van der Waals surface area (Å²) >= 11 is 0. The fourth-order valence-corrected chi connectivity index (χ4v) is 2.38. The van der Waals surface area contributed by atoms with E-state index in [0.29, 0.717) is 0 Å². The fraction of sp³-hybridized carbons (Fsp3) is 0.333. The molecule has 0 unspecified atom stereocenters. The van der Waals surface area contributed by atoms with Crippen LogP contribution in [0.5, 0.6) is 0 Å². The zero-order valence-electron chi connectivity index (χ0n) is 9.50. The largest absolute Gasteiger partial charge is 0.390 e. The molecule has 1 saturated carbocycles. The topological polar surface area (TPSA) is 43.4 Å². The van der Waals surface area contributed by atoms with Crippen LogP contribution in [0.4, 0.5) is 0 Å². The Labute approximate surface area is 119 Å². The monoisotopic (exact) mass is 368 g/mol. The van der Waals surface area contributed by atoms with E-state index in [2.05, 4.69) is 0 Å². The van der Waals surface area contributed by atoms with Gasteiger partial charge in [-0.15, -0.1) is 0 Å². The van der Waals surface area contributed by atoms with Crippen molar-refractivity contribution in [3.05, 3.63) is 41.7 Å². The van der Waals surface area contributed by atoms with Crippen molar-refractivity contribution in [2.24, 2.45) is 0 Å². The SMILES string of the molecule is Cc1ccc(C=COS(=O)(=O)C2CC2)cc1.[Te]. The normalized spacial score (nSPS) is 15.6. The Morgan fingerprint density at radius 1 is 1.24 bits per heavy atom. The minimum Gasteiger partial charge on any atom is -0.390 e. The van der Waals surface area contributed by atoms with E-state index in [9.17, 15) is 8.42 Å². The molecule has 0 aromatic heterocycles. The summed E-state index contributed by atoms with van der Waals surface area (Å²) in [5.74, 6) is 0. The molecule has 1 aromatic carbocycles. The number of benzene rings is 1. The fourth-order valence-electron chi connectivity index (χ4n) is 1.30. The van der Waals surface area contributed by atoms with Gasteiger partial charge < -0.3 is 4.18 Å². The molecule has 2 radical (unpaired) electrons. The molecule has 1 fully saturated rings. The van der Waals surface area contributed by atoms with Crippen LogP contribution in [-0.2, 0) is 14.3 Å². The smallest absolute Gasteiger partial charge is 0.311 e. The molecule has 0 saturated heterocycles. The Bertz CT molecular complexity index is 487. The number of rotatable bonds is 4. The molecular formula is C12H14O3STe. The molecule has 1 aromatic rings. The van der Waals surface area contributed by atoms with Crippen LogP contribution in [0.3, 0.4) is 0 Å². The Hall–Kier alpha value is -0.500. The molecule has 0 aliphatic heterocycles. The summed E-state index contributed by atoms with van der Waals surface area (Å²) in [7, 11) is -3.35. The first kappa shape index (κ1) is 14.6. The van der Waals surface area contributed by atoms with Crippen molar-refractivity contribution >= 4 is 39.9 Å². The summed E-state index contributed by atoms with van der Waals surface area (Å²) in [6.07, 6.45) is 4.35. The average molecular weight is 366 g/mol. The molecular weight excluding hydrogens is 352 g/mol. The molecule has 17 heavy (non-hydrogen) atoms. The standard InChI is InChI=1S/C12H14O3S.Te/c1-10-2-4-11(5-3-10)8-9-15-16(13,14)12-6-7-12;/h2-5,8-9,12H,6-7H2,1H3;. The zero-order chi connectivity index (χ0) is 11.6. The van der Waals surface area contributed by atoms with E-state index in [1.54, 1.807) is 6.08 Å². The van der Waals surface area contributed by atoms with Gasteiger partial charge in [0.1, 0.15) is 6.26 Å². The summed E-state index contributed by atoms with van der Waals surface area (Å²) in [5, 5.41) is -0.282. The van der Waals surface area contributed by atoms with Crippen molar-refractivity contribution in [2.75, 3.05) is 0 Å². The second-order valence-corrected chi connectivity index (χ2v) is 5.85. The second kappa shape index (κ2) is 5.90. The Morgan fingerprint density at radius 2 is 1.82 bits per heavy atom. The summed E-state index contributed by atoms with van der Waals surface area (Å²) < 4.78 is 27.5. The first-order chi connectivity index (χ1) is 7.58. The molecule has 92 valence electrons. The minimum absolute atomic E-state index is 0. The van der Waals surface area contributed by atoms with Crippen molar-refractivity contribution in [1.29, 1.82) is 0 Å². The maximum atomic E-state index is 11.4. The van der Waals surface area contributed by atoms with Crippen LogP contribution >= 0.6 is 0 Å². The van der Waals surface area contributed by atoms with Gasteiger partial charge in [-0.2, -0.15) is 8.42 Å². The molecule has 0 amide bonds. The molecule has 0 bridgehead atoms. The minimum atomic E-state index is -3.35. The van der Waals surface area contributed by atoms with Crippen LogP contribution < -0.4 is 0 Å². The van der Waals surface area contributed by atoms with Gasteiger partial charge in [-0.25, -0.2) is 0 Å². The second-order valence-electron chi connectivity index (χ2n) is 4.00.